The molecule has 0 aromatic carbocycles. The van der Waals surface area contributed by atoms with Gasteiger partial charge in [-0.25, -0.2) is 0 Å². The van der Waals surface area contributed by atoms with Gasteiger partial charge in [-0.1, -0.05) is 6.07 Å². The van der Waals surface area contributed by atoms with Crippen LogP contribution in [0.3, 0.4) is 0 Å². The standard InChI is InChI=1S/C10H9N5OS/c16-9-7-5-12-15-8(7)13-10(14-9)11-4-6-2-1-3-17-6/h1-3,5H,4H2,(H3,11,12,13,14,15,16). The predicted molar refractivity (Wildman–Crippen MR) is 66.2 cm³/mol. The lowest BCUT2D eigenvalue weighted by atomic mass is 10.4. The lowest BCUT2D eigenvalue weighted by Gasteiger charge is -2.02. The molecule has 0 saturated heterocycles. The Morgan fingerprint density at radius 3 is 3.24 bits per heavy atom. The zero-order chi connectivity index (χ0) is 11.7. The van der Waals surface area contributed by atoms with E-state index < -0.39 is 0 Å². The smallest absolute Gasteiger partial charge is 0.263 e. The Morgan fingerprint density at radius 2 is 2.41 bits per heavy atom. The molecule has 0 aliphatic heterocycles. The van der Waals surface area contributed by atoms with Crippen molar-refractivity contribution in [2.75, 3.05) is 5.32 Å². The van der Waals surface area contributed by atoms with Crippen LogP contribution in [-0.2, 0) is 6.54 Å². The fourth-order valence-corrected chi connectivity index (χ4v) is 2.16. The highest BCUT2D eigenvalue weighted by atomic mass is 32.1. The van der Waals surface area contributed by atoms with Crippen LogP contribution < -0.4 is 10.9 Å². The van der Waals surface area contributed by atoms with Crippen molar-refractivity contribution in [3.63, 3.8) is 0 Å². The van der Waals surface area contributed by atoms with E-state index in [4.69, 9.17) is 0 Å². The SMILES string of the molecule is O=c1[nH]c(NCc2cccs2)nc2[nH]ncc12. The van der Waals surface area contributed by atoms with E-state index >= 15 is 0 Å². The molecule has 0 fully saturated rings. The summed E-state index contributed by atoms with van der Waals surface area (Å²) in [6.07, 6.45) is 1.46. The van der Waals surface area contributed by atoms with E-state index in [0.29, 0.717) is 23.5 Å². The van der Waals surface area contributed by atoms with Crippen molar-refractivity contribution in [1.82, 2.24) is 20.2 Å². The monoisotopic (exact) mass is 247 g/mol. The molecule has 3 aromatic heterocycles. The maximum atomic E-state index is 11.6. The van der Waals surface area contributed by atoms with Crippen LogP contribution in [0.1, 0.15) is 4.88 Å². The highest BCUT2D eigenvalue weighted by molar-refractivity contribution is 7.09. The van der Waals surface area contributed by atoms with Crippen molar-refractivity contribution < 1.29 is 0 Å². The van der Waals surface area contributed by atoms with E-state index in [1.54, 1.807) is 11.3 Å². The van der Waals surface area contributed by atoms with Crippen LogP contribution in [0, 0.1) is 0 Å². The quantitative estimate of drug-likeness (QED) is 0.651. The molecule has 0 amide bonds. The summed E-state index contributed by atoms with van der Waals surface area (Å²) in [5.74, 6) is 0.445. The van der Waals surface area contributed by atoms with Crippen LogP contribution in [0.2, 0.25) is 0 Å². The summed E-state index contributed by atoms with van der Waals surface area (Å²) in [6, 6.07) is 4.00. The average molecular weight is 247 g/mol. The summed E-state index contributed by atoms with van der Waals surface area (Å²) in [5, 5.41) is 12.0. The molecule has 0 radical (unpaired) electrons. The van der Waals surface area contributed by atoms with Crippen LogP contribution in [0.25, 0.3) is 11.0 Å². The molecule has 6 nitrogen and oxygen atoms in total. The predicted octanol–water partition coefficient (Wildman–Crippen LogP) is 1.32. The summed E-state index contributed by atoms with van der Waals surface area (Å²) in [5.41, 5.74) is 0.292. The first-order valence-electron chi connectivity index (χ1n) is 5.02. The lowest BCUT2D eigenvalue weighted by Crippen LogP contribution is -2.12. The lowest BCUT2D eigenvalue weighted by molar-refractivity contribution is 1.05. The highest BCUT2D eigenvalue weighted by Gasteiger charge is 2.04. The van der Waals surface area contributed by atoms with Gasteiger partial charge in [-0.2, -0.15) is 10.1 Å². The topological polar surface area (TPSA) is 86.5 Å². The zero-order valence-corrected chi connectivity index (χ0v) is 9.54. The van der Waals surface area contributed by atoms with Crippen LogP contribution in [-0.4, -0.2) is 20.2 Å². The van der Waals surface area contributed by atoms with Crippen molar-refractivity contribution in [2.24, 2.45) is 0 Å². The summed E-state index contributed by atoms with van der Waals surface area (Å²) in [6.45, 7) is 0.639. The van der Waals surface area contributed by atoms with Gasteiger partial charge in [0.15, 0.2) is 5.65 Å². The van der Waals surface area contributed by atoms with E-state index in [0.717, 1.165) is 0 Å². The number of aromatic nitrogens is 4. The second-order valence-corrected chi connectivity index (χ2v) is 4.51. The summed E-state index contributed by atoms with van der Waals surface area (Å²) in [4.78, 5) is 19.7. The third-order valence-electron chi connectivity index (χ3n) is 2.33. The van der Waals surface area contributed by atoms with Crippen LogP contribution >= 0.6 is 11.3 Å². The molecule has 0 bridgehead atoms. The second-order valence-electron chi connectivity index (χ2n) is 3.48. The van der Waals surface area contributed by atoms with E-state index in [1.165, 1.54) is 11.1 Å². The minimum absolute atomic E-state index is 0.197. The Bertz CT molecular complexity index is 684. The van der Waals surface area contributed by atoms with Gasteiger partial charge in [0.1, 0.15) is 5.39 Å². The van der Waals surface area contributed by atoms with Crippen molar-refractivity contribution >= 4 is 28.3 Å². The Hall–Kier alpha value is -2.15. The number of anilines is 1. The number of hydrogen-bond donors (Lipinski definition) is 3. The van der Waals surface area contributed by atoms with Gasteiger partial charge in [0.2, 0.25) is 5.95 Å². The molecule has 3 aromatic rings. The van der Waals surface area contributed by atoms with E-state index in [9.17, 15) is 4.79 Å². The molecule has 0 aliphatic rings. The third kappa shape index (κ3) is 1.92. The molecule has 17 heavy (non-hydrogen) atoms. The maximum Gasteiger partial charge on any atom is 0.263 e. The molecule has 3 rings (SSSR count). The van der Waals surface area contributed by atoms with Gasteiger partial charge in [-0.05, 0) is 11.4 Å². The first-order valence-corrected chi connectivity index (χ1v) is 5.90. The number of fused-ring (bicyclic) bond motifs is 1. The molecule has 0 aliphatic carbocycles. The number of nitrogens with one attached hydrogen (secondary N) is 3. The van der Waals surface area contributed by atoms with Crippen molar-refractivity contribution in [3.05, 3.63) is 38.9 Å². The summed E-state index contributed by atoms with van der Waals surface area (Å²) >= 11 is 1.65. The molecule has 0 spiro atoms. The Morgan fingerprint density at radius 1 is 1.47 bits per heavy atom. The van der Waals surface area contributed by atoms with Crippen LogP contribution in [0.4, 0.5) is 5.95 Å². The largest absolute Gasteiger partial charge is 0.351 e. The van der Waals surface area contributed by atoms with Gasteiger partial charge in [0.05, 0.1) is 12.7 Å². The Balaban J connectivity index is 1.88. The zero-order valence-electron chi connectivity index (χ0n) is 8.73. The van der Waals surface area contributed by atoms with Crippen molar-refractivity contribution in [1.29, 1.82) is 0 Å². The minimum atomic E-state index is -0.197. The maximum absolute atomic E-state index is 11.6. The molecular formula is C10H9N5OS. The fraction of sp³-hybridized carbons (Fsp3) is 0.100. The number of nitrogens with zero attached hydrogens (tertiary/aromatic N) is 2. The van der Waals surface area contributed by atoms with Gasteiger partial charge >= 0.3 is 0 Å². The summed E-state index contributed by atoms with van der Waals surface area (Å²) in [7, 11) is 0. The van der Waals surface area contributed by atoms with Gasteiger partial charge < -0.3 is 5.32 Å². The normalized spacial score (nSPS) is 10.8. The van der Waals surface area contributed by atoms with Gasteiger partial charge in [0.25, 0.3) is 5.56 Å². The minimum Gasteiger partial charge on any atom is -0.351 e. The van der Waals surface area contributed by atoms with Crippen molar-refractivity contribution in [2.45, 2.75) is 6.54 Å². The second kappa shape index (κ2) is 4.02. The number of aromatic amines is 2. The molecule has 0 atom stereocenters. The molecule has 86 valence electrons. The van der Waals surface area contributed by atoms with Gasteiger partial charge in [-0.3, -0.25) is 14.9 Å². The number of hydrogen-bond acceptors (Lipinski definition) is 5. The Labute approximate surface area is 99.7 Å². The fourth-order valence-electron chi connectivity index (χ4n) is 1.51. The van der Waals surface area contributed by atoms with E-state index in [1.807, 2.05) is 17.5 Å². The van der Waals surface area contributed by atoms with Gasteiger partial charge in [-0.15, -0.1) is 11.3 Å². The average Bonchev–Trinajstić information content (AvgIpc) is 2.97. The third-order valence-corrected chi connectivity index (χ3v) is 3.21. The first kappa shape index (κ1) is 10.0. The van der Waals surface area contributed by atoms with Crippen LogP contribution in [0.15, 0.2) is 28.5 Å². The number of H-pyrrole nitrogens is 2. The van der Waals surface area contributed by atoms with Crippen molar-refractivity contribution in [3.8, 4) is 0 Å². The van der Waals surface area contributed by atoms with Crippen LogP contribution in [0.5, 0.6) is 0 Å². The highest BCUT2D eigenvalue weighted by Crippen LogP contribution is 2.10. The number of rotatable bonds is 3. The van der Waals surface area contributed by atoms with E-state index in [2.05, 4.69) is 25.5 Å². The van der Waals surface area contributed by atoms with Gasteiger partial charge in [0, 0.05) is 4.88 Å². The molecule has 3 heterocycles. The molecule has 0 saturated carbocycles. The molecular weight excluding hydrogens is 238 g/mol. The van der Waals surface area contributed by atoms with E-state index in [-0.39, 0.29) is 5.56 Å². The first-order chi connectivity index (χ1) is 8.33. The molecule has 3 N–H and O–H groups in total. The molecule has 0 unspecified atom stereocenters. The Kier molecular flexibility index (Phi) is 2.37. The summed E-state index contributed by atoms with van der Waals surface area (Å²) < 4.78 is 0. The number of thiophene rings is 1. The molecule has 7 heteroatoms.